The van der Waals surface area contributed by atoms with E-state index in [4.69, 9.17) is 19.4 Å². The fourth-order valence-corrected chi connectivity index (χ4v) is 4.62. The van der Waals surface area contributed by atoms with Gasteiger partial charge in [-0.1, -0.05) is 48.0 Å². The molecule has 0 saturated carbocycles. The molecule has 1 aliphatic heterocycles. The van der Waals surface area contributed by atoms with Crippen LogP contribution < -0.4 is 9.47 Å². The van der Waals surface area contributed by atoms with Crippen molar-refractivity contribution < 1.29 is 9.47 Å². The lowest BCUT2D eigenvalue weighted by Crippen LogP contribution is -2.09. The van der Waals surface area contributed by atoms with E-state index in [1.807, 2.05) is 36.4 Å². The maximum absolute atomic E-state index is 6.24. The number of aryl methyl sites for hydroxylation is 1. The van der Waals surface area contributed by atoms with E-state index in [-0.39, 0.29) is 0 Å². The molecule has 0 amide bonds. The second-order valence-corrected chi connectivity index (χ2v) is 8.49. The van der Waals surface area contributed by atoms with Gasteiger partial charge in [-0.05, 0) is 48.4 Å². The van der Waals surface area contributed by atoms with E-state index in [9.17, 15) is 0 Å². The van der Waals surface area contributed by atoms with Gasteiger partial charge in [0.15, 0.2) is 5.82 Å². The summed E-state index contributed by atoms with van der Waals surface area (Å²) in [5, 5.41) is 0.965. The highest BCUT2D eigenvalue weighted by Gasteiger charge is 2.24. The van der Waals surface area contributed by atoms with Crippen LogP contribution in [0.4, 0.5) is 0 Å². The molecule has 4 aromatic rings. The minimum Gasteiger partial charge on any atom is -0.497 e. The summed E-state index contributed by atoms with van der Waals surface area (Å²) < 4.78 is 11.5. The lowest BCUT2D eigenvalue weighted by atomic mass is 10.0. The Morgan fingerprint density at radius 3 is 2.55 bits per heavy atom. The first-order chi connectivity index (χ1) is 15.2. The molecule has 0 N–H and O–H groups in total. The van der Waals surface area contributed by atoms with Gasteiger partial charge in [0, 0.05) is 17.7 Å². The molecule has 154 valence electrons. The Balaban J connectivity index is 1.55. The van der Waals surface area contributed by atoms with Crippen molar-refractivity contribution in [2.45, 2.75) is 24.1 Å². The second-order valence-electron chi connectivity index (χ2n) is 7.53. The van der Waals surface area contributed by atoms with E-state index in [2.05, 4.69) is 43.3 Å². The van der Waals surface area contributed by atoms with E-state index in [1.54, 1.807) is 18.9 Å². The fourth-order valence-electron chi connectivity index (χ4n) is 3.63. The number of rotatable bonds is 5. The van der Waals surface area contributed by atoms with Crippen LogP contribution in [0.1, 0.15) is 22.3 Å². The predicted molar refractivity (Wildman–Crippen MR) is 124 cm³/mol. The van der Waals surface area contributed by atoms with Gasteiger partial charge in [-0.2, -0.15) is 4.98 Å². The molecule has 1 aliphatic rings. The van der Waals surface area contributed by atoms with Crippen molar-refractivity contribution in [3.63, 3.8) is 0 Å². The Morgan fingerprint density at radius 1 is 0.968 bits per heavy atom. The molecule has 2 heterocycles. The zero-order valence-electron chi connectivity index (χ0n) is 17.5. The first-order valence-electron chi connectivity index (χ1n) is 10.2. The Bertz CT molecular complexity index is 1220. The van der Waals surface area contributed by atoms with Crippen molar-refractivity contribution in [1.82, 2.24) is 9.97 Å². The molecule has 0 atom stereocenters. The number of nitrogens with zero attached hydrogens (tertiary/aromatic N) is 2. The summed E-state index contributed by atoms with van der Waals surface area (Å²) in [6, 6.07) is 24.5. The third-order valence-electron chi connectivity index (χ3n) is 5.29. The number of fused-ring (bicyclic) bond motifs is 2. The van der Waals surface area contributed by atoms with E-state index in [0.29, 0.717) is 11.7 Å². The van der Waals surface area contributed by atoms with Crippen LogP contribution in [0.2, 0.25) is 0 Å². The predicted octanol–water partition coefficient (Wildman–Crippen LogP) is 6.45. The zero-order chi connectivity index (χ0) is 21.2. The van der Waals surface area contributed by atoms with E-state index in [0.717, 1.165) is 39.8 Å². The number of benzene rings is 3. The summed E-state index contributed by atoms with van der Waals surface area (Å²) in [4.78, 5) is 9.74. The second kappa shape index (κ2) is 8.44. The quantitative estimate of drug-likeness (QED) is 0.239. The molecule has 3 aromatic carbocycles. The van der Waals surface area contributed by atoms with Crippen LogP contribution in [-0.2, 0) is 12.2 Å². The molecule has 1 aromatic heterocycles. The highest BCUT2D eigenvalue weighted by atomic mass is 32.2. The van der Waals surface area contributed by atoms with E-state index < -0.39 is 0 Å². The summed E-state index contributed by atoms with van der Waals surface area (Å²) in [6.07, 6.45) is 0.770. The number of aromatic nitrogens is 2. The monoisotopic (exact) mass is 426 g/mol. The Kier molecular flexibility index (Phi) is 5.35. The summed E-state index contributed by atoms with van der Waals surface area (Å²) in [6.45, 7) is 2.10. The summed E-state index contributed by atoms with van der Waals surface area (Å²) in [5.41, 5.74) is 5.65. The summed E-state index contributed by atoms with van der Waals surface area (Å²) in [7, 11) is 1.66. The standard InChI is InChI=1S/C26H22N2O2S/c1-17-8-13-23-20(14-17)15-22-25(30-23)27-24(19-9-11-21(29-2)12-10-19)28-26(22)31-16-18-6-4-3-5-7-18/h3-14H,15-16H2,1-2H3. The van der Waals surface area contributed by atoms with Crippen LogP contribution in [0.15, 0.2) is 77.8 Å². The van der Waals surface area contributed by atoms with Crippen molar-refractivity contribution in [3.8, 4) is 28.8 Å². The number of thioether (sulfide) groups is 1. The van der Waals surface area contributed by atoms with Gasteiger partial charge in [-0.25, -0.2) is 4.98 Å². The number of hydrogen-bond donors (Lipinski definition) is 0. The molecule has 0 radical (unpaired) electrons. The molecule has 0 unspecified atom stereocenters. The number of ether oxygens (including phenoxy) is 2. The van der Waals surface area contributed by atoms with Gasteiger partial charge in [0.25, 0.3) is 0 Å². The number of methoxy groups -OCH3 is 1. The first kappa shape index (κ1) is 19.6. The van der Waals surface area contributed by atoms with Crippen LogP contribution in [0, 0.1) is 6.92 Å². The maximum atomic E-state index is 6.24. The average Bonchev–Trinajstić information content (AvgIpc) is 2.82. The van der Waals surface area contributed by atoms with Crippen molar-refractivity contribution in [2.24, 2.45) is 0 Å². The Morgan fingerprint density at radius 2 is 1.77 bits per heavy atom. The van der Waals surface area contributed by atoms with Crippen LogP contribution >= 0.6 is 11.8 Å². The molecular weight excluding hydrogens is 404 g/mol. The molecule has 0 bridgehead atoms. The minimum absolute atomic E-state index is 0.646. The van der Waals surface area contributed by atoms with Gasteiger partial charge in [0.05, 0.1) is 12.7 Å². The molecular formula is C26H22N2O2S. The first-order valence-corrected chi connectivity index (χ1v) is 11.2. The molecule has 5 heteroatoms. The molecule has 31 heavy (non-hydrogen) atoms. The van der Waals surface area contributed by atoms with E-state index in [1.165, 1.54) is 16.7 Å². The topological polar surface area (TPSA) is 44.2 Å². The molecule has 5 rings (SSSR count). The summed E-state index contributed by atoms with van der Waals surface area (Å²) >= 11 is 1.73. The van der Waals surface area contributed by atoms with Crippen molar-refractivity contribution in [2.75, 3.05) is 7.11 Å². The van der Waals surface area contributed by atoms with Crippen LogP contribution in [-0.4, -0.2) is 17.1 Å². The van der Waals surface area contributed by atoms with Crippen molar-refractivity contribution in [3.05, 3.63) is 95.1 Å². The van der Waals surface area contributed by atoms with Crippen LogP contribution in [0.3, 0.4) is 0 Å². The molecule has 4 nitrogen and oxygen atoms in total. The smallest absolute Gasteiger partial charge is 0.227 e. The Labute approximate surface area is 186 Å². The molecule has 0 fully saturated rings. The van der Waals surface area contributed by atoms with Crippen molar-refractivity contribution in [1.29, 1.82) is 0 Å². The molecule has 0 aliphatic carbocycles. The molecule has 0 spiro atoms. The zero-order valence-corrected chi connectivity index (χ0v) is 18.3. The average molecular weight is 427 g/mol. The summed E-state index contributed by atoms with van der Waals surface area (Å²) in [5.74, 6) is 3.82. The third-order valence-corrected chi connectivity index (χ3v) is 6.38. The maximum Gasteiger partial charge on any atom is 0.227 e. The Hall–Kier alpha value is -3.31. The third kappa shape index (κ3) is 4.14. The van der Waals surface area contributed by atoms with Crippen LogP contribution in [0.25, 0.3) is 11.4 Å². The fraction of sp³-hybridized carbons (Fsp3) is 0.154. The SMILES string of the molecule is COc1ccc(-c2nc3c(c(SCc4ccccc4)n2)Cc2cc(C)ccc2O3)cc1. The highest BCUT2D eigenvalue weighted by molar-refractivity contribution is 7.98. The van der Waals surface area contributed by atoms with Crippen LogP contribution in [0.5, 0.6) is 17.4 Å². The lowest BCUT2D eigenvalue weighted by molar-refractivity contribution is 0.415. The van der Waals surface area contributed by atoms with Crippen molar-refractivity contribution >= 4 is 11.8 Å². The highest BCUT2D eigenvalue weighted by Crippen LogP contribution is 2.41. The minimum atomic E-state index is 0.646. The number of hydrogen-bond acceptors (Lipinski definition) is 5. The normalized spacial score (nSPS) is 11.9. The van der Waals surface area contributed by atoms with Gasteiger partial charge in [-0.15, -0.1) is 11.8 Å². The largest absolute Gasteiger partial charge is 0.497 e. The van der Waals surface area contributed by atoms with Gasteiger partial charge in [0.1, 0.15) is 16.5 Å². The molecule has 0 saturated heterocycles. The van der Waals surface area contributed by atoms with Gasteiger partial charge in [0.2, 0.25) is 5.88 Å². The van der Waals surface area contributed by atoms with E-state index >= 15 is 0 Å². The van der Waals surface area contributed by atoms with Gasteiger partial charge < -0.3 is 9.47 Å². The van der Waals surface area contributed by atoms with Gasteiger partial charge >= 0.3 is 0 Å². The van der Waals surface area contributed by atoms with Gasteiger partial charge in [-0.3, -0.25) is 0 Å². The lowest BCUT2D eigenvalue weighted by Gasteiger charge is -2.22.